The number of nitrogens with zero attached hydrogens (tertiary/aromatic N) is 4. The number of rotatable bonds is 7. The normalized spacial score (nSPS) is 17.0. The number of hydrogen-bond acceptors (Lipinski definition) is 4. The molecule has 1 atom stereocenters. The first-order valence-electron chi connectivity index (χ1n) is 10.4. The van der Waals surface area contributed by atoms with Crippen LogP contribution in [-0.4, -0.2) is 99.2 Å². The van der Waals surface area contributed by atoms with Gasteiger partial charge in [-0.3, -0.25) is 14.7 Å². The Kier molecular flexibility index (Phi) is 9.12. The van der Waals surface area contributed by atoms with Gasteiger partial charge in [-0.25, -0.2) is 0 Å². The van der Waals surface area contributed by atoms with E-state index in [0.717, 1.165) is 12.1 Å². The molecule has 1 aliphatic rings. The summed E-state index contributed by atoms with van der Waals surface area (Å²) in [7, 11) is 5.55. The van der Waals surface area contributed by atoms with Crippen LogP contribution in [-0.2, 0) is 6.54 Å². The van der Waals surface area contributed by atoms with Crippen LogP contribution in [0, 0.1) is 0 Å². The van der Waals surface area contributed by atoms with Gasteiger partial charge in [0.05, 0.1) is 0 Å². The van der Waals surface area contributed by atoms with Crippen LogP contribution in [0.1, 0.15) is 22.8 Å². The Morgan fingerprint density at radius 3 is 2.45 bits per heavy atom. The lowest BCUT2D eigenvalue weighted by molar-refractivity contribution is -0.181. The largest absolute Gasteiger partial charge is 0.403 e. The maximum Gasteiger partial charge on any atom is 0.403 e. The van der Waals surface area contributed by atoms with Gasteiger partial charge in [0.1, 0.15) is 6.04 Å². The zero-order chi connectivity index (χ0) is 23.0. The van der Waals surface area contributed by atoms with Gasteiger partial charge in [0.25, 0.3) is 5.91 Å². The van der Waals surface area contributed by atoms with Gasteiger partial charge in [0.15, 0.2) is 5.96 Å². The molecule has 0 saturated carbocycles. The van der Waals surface area contributed by atoms with E-state index in [9.17, 15) is 18.0 Å². The maximum absolute atomic E-state index is 12.9. The van der Waals surface area contributed by atoms with Gasteiger partial charge in [-0.1, -0.05) is 12.1 Å². The van der Waals surface area contributed by atoms with Crippen molar-refractivity contribution >= 4 is 11.9 Å². The average Bonchev–Trinajstić information content (AvgIpc) is 2.73. The van der Waals surface area contributed by atoms with Crippen LogP contribution >= 0.6 is 0 Å². The average molecular weight is 443 g/mol. The number of piperazine rings is 1. The van der Waals surface area contributed by atoms with E-state index in [1.54, 1.807) is 13.1 Å². The van der Waals surface area contributed by atoms with E-state index in [1.165, 1.54) is 11.8 Å². The second-order valence-electron chi connectivity index (χ2n) is 7.90. The fourth-order valence-corrected chi connectivity index (χ4v) is 3.36. The third-order valence-electron chi connectivity index (χ3n) is 5.33. The van der Waals surface area contributed by atoms with Gasteiger partial charge in [0, 0.05) is 58.4 Å². The van der Waals surface area contributed by atoms with Crippen molar-refractivity contribution in [2.24, 2.45) is 4.99 Å². The van der Waals surface area contributed by atoms with Crippen molar-refractivity contribution in [1.82, 2.24) is 25.3 Å². The molecule has 7 nitrogen and oxygen atoms in total. The van der Waals surface area contributed by atoms with E-state index in [0.29, 0.717) is 50.8 Å². The quantitative estimate of drug-likeness (QED) is 0.497. The molecule has 0 bridgehead atoms. The maximum atomic E-state index is 12.9. The molecule has 0 aliphatic carbocycles. The third kappa shape index (κ3) is 7.70. The molecule has 1 unspecified atom stereocenters. The predicted octanol–water partition coefficient (Wildman–Crippen LogP) is 1.62. The number of carbonyl (C=O) groups is 1. The molecular weight excluding hydrogens is 409 g/mol. The number of hydrogen-bond donors (Lipinski definition) is 2. The van der Waals surface area contributed by atoms with E-state index in [-0.39, 0.29) is 5.91 Å². The Bertz CT molecular complexity index is 745. The van der Waals surface area contributed by atoms with Crippen molar-refractivity contribution in [3.05, 3.63) is 35.4 Å². The molecule has 1 aliphatic heterocycles. The summed E-state index contributed by atoms with van der Waals surface area (Å²) >= 11 is 0. The zero-order valence-electron chi connectivity index (χ0n) is 18.7. The van der Waals surface area contributed by atoms with Crippen LogP contribution in [0.15, 0.2) is 29.3 Å². The molecule has 1 heterocycles. The second-order valence-corrected chi connectivity index (χ2v) is 7.90. The number of benzene rings is 1. The summed E-state index contributed by atoms with van der Waals surface area (Å²) in [6.07, 6.45) is -4.22. The topological polar surface area (TPSA) is 63.2 Å². The van der Waals surface area contributed by atoms with E-state index in [4.69, 9.17) is 0 Å². The molecule has 31 heavy (non-hydrogen) atoms. The lowest BCUT2D eigenvalue weighted by Crippen LogP contribution is -2.56. The zero-order valence-corrected chi connectivity index (χ0v) is 18.7. The van der Waals surface area contributed by atoms with Crippen LogP contribution < -0.4 is 10.6 Å². The molecule has 1 amide bonds. The summed E-state index contributed by atoms with van der Waals surface area (Å²) in [5, 5.41) is 6.14. The summed E-state index contributed by atoms with van der Waals surface area (Å²) < 4.78 is 38.8. The fourth-order valence-electron chi connectivity index (χ4n) is 3.36. The number of amides is 1. The SMILES string of the molecule is CN=C(NCc1cccc(C(=O)NCCN(C)C)c1)N1CCN(C(C)C(F)(F)F)CC1. The highest BCUT2D eigenvalue weighted by Crippen LogP contribution is 2.25. The molecule has 1 aromatic rings. The number of likely N-dealkylation sites (N-methyl/N-ethyl adjacent to an activating group) is 1. The first kappa shape index (κ1) is 24.9. The molecule has 2 rings (SSSR count). The van der Waals surface area contributed by atoms with Crippen LogP contribution in [0.4, 0.5) is 13.2 Å². The van der Waals surface area contributed by atoms with Gasteiger partial charge in [-0.2, -0.15) is 13.2 Å². The summed E-state index contributed by atoms with van der Waals surface area (Å²) in [4.78, 5) is 22.0. The Hall–Kier alpha value is -2.33. The number of halogens is 3. The molecule has 174 valence electrons. The second kappa shape index (κ2) is 11.3. The Morgan fingerprint density at radius 1 is 1.19 bits per heavy atom. The van der Waals surface area contributed by atoms with Crippen molar-refractivity contribution in [1.29, 1.82) is 0 Å². The summed E-state index contributed by atoms with van der Waals surface area (Å²) in [6, 6.07) is 5.90. The minimum absolute atomic E-state index is 0.122. The molecule has 0 radical (unpaired) electrons. The van der Waals surface area contributed by atoms with Gasteiger partial charge < -0.3 is 20.4 Å². The predicted molar refractivity (Wildman–Crippen MR) is 116 cm³/mol. The van der Waals surface area contributed by atoms with Crippen molar-refractivity contribution in [2.75, 3.05) is 60.4 Å². The molecule has 1 fully saturated rings. The third-order valence-corrected chi connectivity index (χ3v) is 5.33. The molecular formula is C21H33F3N6O. The number of alkyl halides is 3. The molecule has 0 aromatic heterocycles. The Labute approximate surface area is 182 Å². The standard InChI is InChI=1S/C21H33F3N6O/c1-16(21(22,23)24)29-10-12-30(13-11-29)20(25-2)27-15-17-6-5-7-18(14-17)19(31)26-8-9-28(3)4/h5-7,14,16H,8-13,15H2,1-4H3,(H,25,27)(H,26,31). The van der Waals surface area contributed by atoms with Crippen molar-refractivity contribution < 1.29 is 18.0 Å². The highest BCUT2D eigenvalue weighted by atomic mass is 19.4. The van der Waals surface area contributed by atoms with Gasteiger partial charge in [-0.15, -0.1) is 0 Å². The van der Waals surface area contributed by atoms with E-state index < -0.39 is 12.2 Å². The molecule has 10 heteroatoms. The molecule has 1 aromatic carbocycles. The number of guanidine groups is 1. The van der Waals surface area contributed by atoms with Gasteiger partial charge in [0.2, 0.25) is 0 Å². The lowest BCUT2D eigenvalue weighted by atomic mass is 10.1. The van der Waals surface area contributed by atoms with E-state index in [2.05, 4.69) is 15.6 Å². The summed E-state index contributed by atoms with van der Waals surface area (Å²) in [5.41, 5.74) is 1.51. The lowest BCUT2D eigenvalue weighted by Gasteiger charge is -2.39. The molecule has 0 spiro atoms. The Morgan fingerprint density at radius 2 is 1.87 bits per heavy atom. The van der Waals surface area contributed by atoms with Crippen LogP contribution in [0.3, 0.4) is 0 Å². The van der Waals surface area contributed by atoms with Crippen molar-refractivity contribution in [3.63, 3.8) is 0 Å². The summed E-state index contributed by atoms with van der Waals surface area (Å²) in [5.74, 6) is 0.517. The summed E-state index contributed by atoms with van der Waals surface area (Å²) in [6.45, 7) is 4.58. The van der Waals surface area contributed by atoms with E-state index >= 15 is 0 Å². The first-order chi connectivity index (χ1) is 14.6. The fraction of sp³-hybridized carbons (Fsp3) is 0.619. The van der Waals surface area contributed by atoms with Crippen LogP contribution in [0.25, 0.3) is 0 Å². The first-order valence-corrected chi connectivity index (χ1v) is 10.4. The Balaban J connectivity index is 1.87. The number of nitrogens with one attached hydrogen (secondary N) is 2. The minimum Gasteiger partial charge on any atom is -0.352 e. The van der Waals surface area contributed by atoms with Crippen molar-refractivity contribution in [2.45, 2.75) is 25.7 Å². The van der Waals surface area contributed by atoms with Crippen LogP contribution in [0.5, 0.6) is 0 Å². The molecule has 1 saturated heterocycles. The van der Waals surface area contributed by atoms with Crippen molar-refractivity contribution in [3.8, 4) is 0 Å². The highest BCUT2D eigenvalue weighted by Gasteiger charge is 2.41. The van der Waals surface area contributed by atoms with Gasteiger partial charge in [-0.05, 0) is 38.7 Å². The van der Waals surface area contributed by atoms with Crippen LogP contribution in [0.2, 0.25) is 0 Å². The smallest absolute Gasteiger partial charge is 0.352 e. The van der Waals surface area contributed by atoms with E-state index in [1.807, 2.05) is 42.1 Å². The number of aliphatic imine (C=N–C) groups is 1. The molecule has 2 N–H and O–H groups in total. The minimum atomic E-state index is -4.22. The van der Waals surface area contributed by atoms with Gasteiger partial charge >= 0.3 is 6.18 Å². The number of carbonyl (C=O) groups excluding carboxylic acids is 1. The highest BCUT2D eigenvalue weighted by molar-refractivity contribution is 5.94. The monoisotopic (exact) mass is 442 g/mol.